The fourth-order valence-corrected chi connectivity index (χ4v) is 3.75. The van der Waals surface area contributed by atoms with Crippen molar-refractivity contribution in [2.45, 2.75) is 18.9 Å². The highest BCUT2D eigenvalue weighted by Crippen LogP contribution is 2.22. The van der Waals surface area contributed by atoms with Crippen LogP contribution in [-0.4, -0.2) is 47.6 Å². The number of carbonyl (C=O) groups excluding carboxylic acids is 1. The lowest BCUT2D eigenvalue weighted by Crippen LogP contribution is -3.14. The number of anilines is 1. The smallest absolute Gasteiger partial charge is 0.279 e. The van der Waals surface area contributed by atoms with Crippen molar-refractivity contribution in [1.29, 1.82) is 0 Å². The lowest BCUT2D eigenvalue weighted by Gasteiger charge is -2.29. The molecule has 1 aliphatic rings. The number of methoxy groups -OCH3 is 1. The van der Waals surface area contributed by atoms with Crippen molar-refractivity contribution in [2.24, 2.45) is 0 Å². The molecule has 4 rings (SSSR count). The van der Waals surface area contributed by atoms with Crippen LogP contribution in [0.1, 0.15) is 18.9 Å². The van der Waals surface area contributed by atoms with E-state index in [2.05, 4.69) is 15.6 Å². The van der Waals surface area contributed by atoms with Gasteiger partial charge in [0.25, 0.3) is 5.91 Å². The van der Waals surface area contributed by atoms with Crippen LogP contribution in [0.25, 0.3) is 11.0 Å². The van der Waals surface area contributed by atoms with Crippen LogP contribution in [0.5, 0.6) is 5.75 Å². The summed E-state index contributed by atoms with van der Waals surface area (Å²) < 4.78 is 20.4. The molecular weight excluding hydrogens is 361 g/mol. The first-order valence-electron chi connectivity index (χ1n) is 9.40. The number of nitrogens with one attached hydrogen (secondary N) is 2. The van der Waals surface area contributed by atoms with Crippen LogP contribution in [0.4, 0.5) is 10.1 Å². The minimum atomic E-state index is -0.305. The van der Waals surface area contributed by atoms with Gasteiger partial charge >= 0.3 is 0 Å². The number of aromatic nitrogens is 3. The Bertz CT molecular complexity index is 982. The van der Waals surface area contributed by atoms with E-state index in [1.165, 1.54) is 17.0 Å². The minimum absolute atomic E-state index is 0.0108. The summed E-state index contributed by atoms with van der Waals surface area (Å²) in [4.78, 5) is 13.6. The van der Waals surface area contributed by atoms with Crippen LogP contribution in [0.3, 0.4) is 0 Å². The van der Waals surface area contributed by atoms with Gasteiger partial charge in [-0.3, -0.25) is 4.79 Å². The number of benzene rings is 2. The van der Waals surface area contributed by atoms with Crippen molar-refractivity contribution in [3.8, 4) is 5.75 Å². The summed E-state index contributed by atoms with van der Waals surface area (Å²) in [5.74, 6) is 0.398. The van der Waals surface area contributed by atoms with Gasteiger partial charge in [0.2, 0.25) is 0 Å². The number of hydrogen-bond donors (Lipinski definition) is 2. The number of halogens is 1. The average molecular weight is 384 g/mol. The van der Waals surface area contributed by atoms with Gasteiger partial charge in [-0.05, 0) is 24.3 Å². The molecule has 1 aliphatic heterocycles. The molecule has 28 heavy (non-hydrogen) atoms. The Morgan fingerprint density at radius 1 is 1.29 bits per heavy atom. The molecule has 2 N–H and O–H groups in total. The summed E-state index contributed by atoms with van der Waals surface area (Å²) in [6, 6.07) is 12.1. The molecule has 1 aromatic heterocycles. The van der Waals surface area contributed by atoms with Crippen molar-refractivity contribution in [3.63, 3.8) is 0 Å². The van der Waals surface area contributed by atoms with E-state index in [-0.39, 0.29) is 17.8 Å². The monoisotopic (exact) mass is 384 g/mol. The van der Waals surface area contributed by atoms with Gasteiger partial charge in [-0.25, -0.2) is 9.07 Å². The SMILES string of the molecule is COc1cccc(NC(=O)C[NH+]2CCC(n3nnc4cc(F)ccc43)CC2)c1. The van der Waals surface area contributed by atoms with E-state index in [9.17, 15) is 9.18 Å². The molecule has 1 fully saturated rings. The highest BCUT2D eigenvalue weighted by molar-refractivity contribution is 5.91. The van der Waals surface area contributed by atoms with Gasteiger partial charge < -0.3 is 15.0 Å². The summed E-state index contributed by atoms with van der Waals surface area (Å²) >= 11 is 0. The maximum Gasteiger partial charge on any atom is 0.279 e. The van der Waals surface area contributed by atoms with Crippen molar-refractivity contribution < 1.29 is 18.8 Å². The van der Waals surface area contributed by atoms with Crippen LogP contribution in [0.15, 0.2) is 42.5 Å². The third-order valence-corrected chi connectivity index (χ3v) is 5.21. The quantitative estimate of drug-likeness (QED) is 0.698. The molecule has 7 nitrogen and oxygen atoms in total. The van der Waals surface area contributed by atoms with Gasteiger partial charge in [0, 0.05) is 30.7 Å². The van der Waals surface area contributed by atoms with Crippen LogP contribution >= 0.6 is 0 Å². The zero-order valence-electron chi connectivity index (χ0n) is 15.7. The predicted octanol–water partition coefficient (Wildman–Crippen LogP) is 1.44. The fraction of sp³-hybridized carbons (Fsp3) is 0.350. The molecule has 0 unspecified atom stereocenters. The van der Waals surface area contributed by atoms with Crippen molar-refractivity contribution in [2.75, 3.05) is 32.1 Å². The van der Waals surface area contributed by atoms with E-state index >= 15 is 0 Å². The molecule has 0 aliphatic carbocycles. The first kappa shape index (κ1) is 18.4. The number of fused-ring (bicyclic) bond motifs is 1. The van der Waals surface area contributed by atoms with Crippen LogP contribution < -0.4 is 15.0 Å². The van der Waals surface area contributed by atoms with Gasteiger partial charge in [0.1, 0.15) is 17.1 Å². The highest BCUT2D eigenvalue weighted by atomic mass is 19.1. The van der Waals surface area contributed by atoms with E-state index in [4.69, 9.17) is 4.74 Å². The molecule has 0 bridgehead atoms. The number of likely N-dealkylation sites (tertiary alicyclic amines) is 1. The Hall–Kier alpha value is -3.00. The second-order valence-corrected chi connectivity index (χ2v) is 7.11. The Labute approximate surface area is 162 Å². The second-order valence-electron chi connectivity index (χ2n) is 7.11. The highest BCUT2D eigenvalue weighted by Gasteiger charge is 2.26. The first-order valence-corrected chi connectivity index (χ1v) is 9.40. The van der Waals surface area contributed by atoms with E-state index < -0.39 is 0 Å². The largest absolute Gasteiger partial charge is 0.497 e. The van der Waals surface area contributed by atoms with Gasteiger partial charge in [-0.15, -0.1) is 5.10 Å². The van der Waals surface area contributed by atoms with E-state index in [1.807, 2.05) is 22.9 Å². The van der Waals surface area contributed by atoms with Crippen molar-refractivity contribution in [1.82, 2.24) is 15.0 Å². The van der Waals surface area contributed by atoms with E-state index in [1.54, 1.807) is 19.2 Å². The van der Waals surface area contributed by atoms with E-state index in [0.29, 0.717) is 17.8 Å². The molecular formula is C20H23FN5O2+. The molecule has 3 aromatic rings. The second kappa shape index (κ2) is 7.93. The van der Waals surface area contributed by atoms with Crippen LogP contribution in [-0.2, 0) is 4.79 Å². The number of carbonyl (C=O) groups is 1. The fourth-order valence-electron chi connectivity index (χ4n) is 3.75. The molecule has 1 amide bonds. The van der Waals surface area contributed by atoms with Crippen molar-refractivity contribution >= 4 is 22.6 Å². The Morgan fingerprint density at radius 3 is 2.89 bits per heavy atom. The topological polar surface area (TPSA) is 73.5 Å². The minimum Gasteiger partial charge on any atom is -0.497 e. The number of amides is 1. The summed E-state index contributed by atoms with van der Waals surface area (Å²) in [5.41, 5.74) is 2.16. The first-order chi connectivity index (χ1) is 13.6. The molecule has 0 radical (unpaired) electrons. The molecule has 1 saturated heterocycles. The van der Waals surface area contributed by atoms with E-state index in [0.717, 1.165) is 37.1 Å². The van der Waals surface area contributed by atoms with Crippen molar-refractivity contribution in [3.05, 3.63) is 48.3 Å². The average Bonchev–Trinajstić information content (AvgIpc) is 3.11. The number of piperidine rings is 1. The summed E-state index contributed by atoms with van der Waals surface area (Å²) in [6.45, 7) is 2.17. The summed E-state index contributed by atoms with van der Waals surface area (Å²) in [5, 5.41) is 11.2. The summed E-state index contributed by atoms with van der Waals surface area (Å²) in [6.07, 6.45) is 1.80. The normalized spacial score (nSPS) is 19.5. The van der Waals surface area contributed by atoms with Gasteiger partial charge in [-0.2, -0.15) is 0 Å². The Morgan fingerprint density at radius 2 is 2.11 bits per heavy atom. The summed E-state index contributed by atoms with van der Waals surface area (Å²) in [7, 11) is 1.60. The van der Waals surface area contributed by atoms with Crippen LogP contribution in [0.2, 0.25) is 0 Å². The molecule has 2 heterocycles. The number of hydrogen-bond acceptors (Lipinski definition) is 4. The molecule has 2 aromatic carbocycles. The number of quaternary nitrogens is 1. The maximum atomic E-state index is 13.3. The molecule has 8 heteroatoms. The third-order valence-electron chi connectivity index (χ3n) is 5.21. The maximum absolute atomic E-state index is 13.3. The zero-order chi connectivity index (χ0) is 19.5. The lowest BCUT2D eigenvalue weighted by atomic mass is 10.0. The number of ether oxygens (including phenoxy) is 1. The molecule has 146 valence electrons. The van der Waals surface area contributed by atoms with Crippen LogP contribution in [0, 0.1) is 5.82 Å². The lowest BCUT2D eigenvalue weighted by molar-refractivity contribution is -0.897. The van der Waals surface area contributed by atoms with Gasteiger partial charge in [0.05, 0.1) is 31.8 Å². The number of nitrogens with zero attached hydrogens (tertiary/aromatic N) is 3. The van der Waals surface area contributed by atoms with Gasteiger partial charge in [0.15, 0.2) is 6.54 Å². The van der Waals surface area contributed by atoms with Gasteiger partial charge in [-0.1, -0.05) is 11.3 Å². The molecule has 0 atom stereocenters. The third kappa shape index (κ3) is 3.96. The Balaban J connectivity index is 1.33. The number of rotatable bonds is 5. The molecule has 0 spiro atoms. The zero-order valence-corrected chi connectivity index (χ0v) is 15.7. The predicted molar refractivity (Wildman–Crippen MR) is 103 cm³/mol. The Kier molecular flexibility index (Phi) is 5.21. The standard InChI is InChI=1S/C20H22FN5O2/c1-28-17-4-2-3-15(12-17)22-20(27)13-25-9-7-16(8-10-25)26-19-6-5-14(21)11-18(19)23-24-26/h2-6,11-12,16H,7-10,13H2,1H3,(H,22,27)/p+1. The molecule has 0 saturated carbocycles.